The SMILES string of the molecule is CCCCCCc1ccc(C2=C(CC)C(CCCC)=C(c3ccc(CCCCCC)cc3)[N+]2=[N-])cc1.[Ni]. The zero-order valence-electron chi connectivity index (χ0n) is 23.7. The average molecular weight is 543 g/mol. The van der Waals surface area contributed by atoms with Gasteiger partial charge in [-0.05, 0) is 80.3 Å². The Balaban J connectivity index is 0.00000481. The summed E-state index contributed by atoms with van der Waals surface area (Å²) in [6.07, 6.45) is 16.8. The molecule has 2 aromatic rings. The van der Waals surface area contributed by atoms with Crippen molar-refractivity contribution < 1.29 is 21.2 Å². The molecule has 0 atom stereocenters. The molecule has 37 heavy (non-hydrogen) atoms. The van der Waals surface area contributed by atoms with E-state index in [1.54, 1.807) is 0 Å². The molecule has 0 spiro atoms. The zero-order chi connectivity index (χ0) is 25.8. The van der Waals surface area contributed by atoms with Gasteiger partial charge in [-0.25, -0.2) is 4.70 Å². The van der Waals surface area contributed by atoms with Gasteiger partial charge in [-0.15, -0.1) is 0 Å². The van der Waals surface area contributed by atoms with Crippen molar-refractivity contribution in [3.05, 3.63) is 87.5 Å². The fraction of sp³-hybridized carbons (Fsp3) is 0.529. The van der Waals surface area contributed by atoms with Gasteiger partial charge in [-0.1, -0.05) is 96.9 Å². The number of unbranched alkanes of at least 4 members (excludes halogenated alkanes) is 7. The summed E-state index contributed by atoms with van der Waals surface area (Å²) >= 11 is 0. The molecule has 0 aliphatic carbocycles. The quantitative estimate of drug-likeness (QED) is 0.114. The van der Waals surface area contributed by atoms with E-state index in [9.17, 15) is 5.53 Å². The minimum Gasteiger partial charge on any atom is -0.493 e. The second-order valence-electron chi connectivity index (χ2n) is 10.4. The Hall–Kier alpha value is -1.99. The first-order chi connectivity index (χ1) is 17.6. The van der Waals surface area contributed by atoms with Crippen molar-refractivity contribution in [2.45, 2.75) is 118 Å². The number of hydrogen-bond donors (Lipinski definition) is 0. The van der Waals surface area contributed by atoms with Crippen LogP contribution in [0.1, 0.15) is 127 Å². The van der Waals surface area contributed by atoms with E-state index in [1.807, 2.05) is 0 Å². The maximum Gasteiger partial charge on any atom is 0.211 e. The van der Waals surface area contributed by atoms with Gasteiger partial charge in [0, 0.05) is 38.8 Å². The molecule has 3 rings (SSSR count). The number of aryl methyl sites for hydroxylation is 2. The summed E-state index contributed by atoms with van der Waals surface area (Å²) in [5.41, 5.74) is 21.2. The van der Waals surface area contributed by atoms with Crippen LogP contribution < -0.4 is 0 Å². The van der Waals surface area contributed by atoms with Crippen LogP contribution >= 0.6 is 0 Å². The van der Waals surface area contributed by atoms with E-state index in [2.05, 4.69) is 76.2 Å². The van der Waals surface area contributed by atoms with E-state index >= 15 is 0 Å². The summed E-state index contributed by atoms with van der Waals surface area (Å²) in [6.45, 7) is 8.99. The molecule has 1 aliphatic rings. The van der Waals surface area contributed by atoms with Crippen LogP contribution in [0, 0.1) is 0 Å². The van der Waals surface area contributed by atoms with Gasteiger partial charge in [0.05, 0.1) is 0 Å². The Kier molecular flexibility index (Phi) is 14.2. The molecular formula is C34H48N2Ni. The van der Waals surface area contributed by atoms with Crippen molar-refractivity contribution in [1.29, 1.82) is 0 Å². The van der Waals surface area contributed by atoms with Gasteiger partial charge in [0.2, 0.25) is 11.4 Å². The average Bonchev–Trinajstić information content (AvgIpc) is 3.19. The molecule has 0 unspecified atom stereocenters. The van der Waals surface area contributed by atoms with E-state index in [0.29, 0.717) is 0 Å². The summed E-state index contributed by atoms with van der Waals surface area (Å²) in [4.78, 5) is 0. The molecule has 0 radical (unpaired) electrons. The normalized spacial score (nSPS) is 13.5. The maximum atomic E-state index is 11.6. The third-order valence-electron chi connectivity index (χ3n) is 7.59. The van der Waals surface area contributed by atoms with Crippen LogP contribution in [0.25, 0.3) is 16.9 Å². The molecule has 1 heterocycles. The summed E-state index contributed by atoms with van der Waals surface area (Å²) in [5.74, 6) is 0. The number of rotatable bonds is 16. The number of benzene rings is 2. The van der Waals surface area contributed by atoms with Crippen LogP contribution in [0.2, 0.25) is 0 Å². The Labute approximate surface area is 237 Å². The largest absolute Gasteiger partial charge is 0.493 e. The summed E-state index contributed by atoms with van der Waals surface area (Å²) in [6, 6.07) is 17.9. The number of allylic oxidation sites excluding steroid dienone is 2. The Morgan fingerprint density at radius 2 is 0.946 bits per heavy atom. The second kappa shape index (κ2) is 16.8. The van der Waals surface area contributed by atoms with E-state index in [-0.39, 0.29) is 16.5 Å². The van der Waals surface area contributed by atoms with Crippen molar-refractivity contribution >= 4 is 11.4 Å². The molecule has 0 saturated carbocycles. The second-order valence-corrected chi connectivity index (χ2v) is 10.4. The van der Waals surface area contributed by atoms with Gasteiger partial charge in [0.25, 0.3) is 0 Å². The van der Waals surface area contributed by atoms with Gasteiger partial charge in [-0.3, -0.25) is 0 Å². The van der Waals surface area contributed by atoms with E-state index in [0.717, 1.165) is 61.0 Å². The van der Waals surface area contributed by atoms with Crippen LogP contribution in [0.15, 0.2) is 59.7 Å². The standard InChI is InChI=1S/C34H48N2.Ni/c1-5-9-12-14-16-27-19-23-29(24-20-27)33-31(8-4)32(18-11-7-3)34(36(33)35)30-25-21-28(22-26-30)17-15-13-10-6-2;/h19-26H,5-18H2,1-4H3;. The van der Waals surface area contributed by atoms with Crippen molar-refractivity contribution in [3.8, 4) is 0 Å². The smallest absolute Gasteiger partial charge is 0.211 e. The van der Waals surface area contributed by atoms with Gasteiger partial charge >= 0.3 is 0 Å². The van der Waals surface area contributed by atoms with E-state index in [4.69, 9.17) is 0 Å². The third kappa shape index (κ3) is 8.51. The van der Waals surface area contributed by atoms with Crippen molar-refractivity contribution in [2.24, 2.45) is 0 Å². The molecule has 0 saturated heterocycles. The molecule has 0 amide bonds. The topological polar surface area (TPSA) is 25.3 Å². The Bertz CT molecular complexity index is 1030. The molecular weight excluding hydrogens is 495 g/mol. The van der Waals surface area contributed by atoms with Crippen LogP contribution in [0.3, 0.4) is 0 Å². The van der Waals surface area contributed by atoms with Crippen LogP contribution in [0.4, 0.5) is 0 Å². The number of nitrogens with zero attached hydrogens (tertiary/aromatic N) is 2. The molecule has 0 fully saturated rings. The molecule has 3 heteroatoms. The van der Waals surface area contributed by atoms with Gasteiger partial charge in [0.15, 0.2) is 0 Å². The van der Waals surface area contributed by atoms with Crippen molar-refractivity contribution in [3.63, 3.8) is 0 Å². The van der Waals surface area contributed by atoms with Gasteiger partial charge in [0.1, 0.15) is 0 Å². The summed E-state index contributed by atoms with van der Waals surface area (Å²) in [5, 5.41) is 0. The molecule has 0 aromatic heterocycles. The summed E-state index contributed by atoms with van der Waals surface area (Å²) in [7, 11) is 0. The predicted molar refractivity (Wildman–Crippen MR) is 156 cm³/mol. The van der Waals surface area contributed by atoms with E-state index in [1.165, 1.54) is 78.3 Å². The molecule has 0 bridgehead atoms. The van der Waals surface area contributed by atoms with Crippen molar-refractivity contribution in [1.82, 2.24) is 0 Å². The Morgan fingerprint density at radius 3 is 1.35 bits per heavy atom. The first-order valence-electron chi connectivity index (χ1n) is 14.8. The fourth-order valence-electron chi connectivity index (χ4n) is 5.42. The van der Waals surface area contributed by atoms with E-state index < -0.39 is 0 Å². The van der Waals surface area contributed by atoms with Gasteiger partial charge in [-0.2, -0.15) is 0 Å². The third-order valence-corrected chi connectivity index (χ3v) is 7.59. The molecule has 0 N–H and O–H groups in total. The first kappa shape index (κ1) is 31.2. The van der Waals surface area contributed by atoms with Crippen LogP contribution in [-0.2, 0) is 29.3 Å². The predicted octanol–water partition coefficient (Wildman–Crippen LogP) is 10.7. The zero-order valence-corrected chi connectivity index (χ0v) is 24.7. The first-order valence-corrected chi connectivity index (χ1v) is 14.8. The fourth-order valence-corrected chi connectivity index (χ4v) is 5.42. The molecule has 204 valence electrons. The van der Waals surface area contributed by atoms with Crippen LogP contribution in [-0.4, -0.2) is 4.70 Å². The number of hydrogen-bond acceptors (Lipinski definition) is 0. The molecule has 1 aliphatic heterocycles. The molecule has 2 aromatic carbocycles. The summed E-state index contributed by atoms with van der Waals surface area (Å²) < 4.78 is 1.50. The monoisotopic (exact) mass is 542 g/mol. The molecule has 2 nitrogen and oxygen atoms in total. The minimum absolute atomic E-state index is 0. The van der Waals surface area contributed by atoms with Crippen molar-refractivity contribution in [2.75, 3.05) is 0 Å². The maximum absolute atomic E-state index is 11.6. The Morgan fingerprint density at radius 1 is 0.514 bits per heavy atom. The van der Waals surface area contributed by atoms with Crippen LogP contribution in [0.5, 0.6) is 0 Å². The minimum atomic E-state index is 0. The van der Waals surface area contributed by atoms with Gasteiger partial charge < -0.3 is 5.53 Å².